The number of halogens is 1. The molecule has 3 aromatic rings. The van der Waals surface area contributed by atoms with E-state index in [-0.39, 0.29) is 4.90 Å². The molecule has 1 heterocycles. The number of methoxy groups -OCH3 is 1. The van der Waals surface area contributed by atoms with Crippen molar-refractivity contribution in [3.8, 4) is 11.4 Å². The molecule has 0 aliphatic heterocycles. The van der Waals surface area contributed by atoms with Crippen molar-refractivity contribution < 1.29 is 17.9 Å². The van der Waals surface area contributed by atoms with Crippen LogP contribution in [0.1, 0.15) is 5.56 Å². The summed E-state index contributed by atoms with van der Waals surface area (Å²) in [5, 5.41) is 4.22. The van der Waals surface area contributed by atoms with Crippen LogP contribution < -0.4 is 9.46 Å². The summed E-state index contributed by atoms with van der Waals surface area (Å²) in [5.41, 5.74) is 1.77. The van der Waals surface area contributed by atoms with E-state index in [4.69, 9.17) is 9.47 Å². The quantitative estimate of drug-likeness (QED) is 0.512. The fourth-order valence-electron chi connectivity index (χ4n) is 2.58. The first-order valence-electron chi connectivity index (χ1n) is 8.45. The predicted octanol–water partition coefficient (Wildman–Crippen LogP) is 3.77. The van der Waals surface area contributed by atoms with E-state index in [1.807, 2.05) is 6.07 Å². The summed E-state index contributed by atoms with van der Waals surface area (Å²) in [5.74, 6) is 0.623. The molecule has 0 saturated carbocycles. The molecule has 0 spiro atoms. The molecule has 0 atom stereocenters. The topological polar surface area (TPSA) is 82.5 Å². The molecule has 1 N–H and O–H groups in total. The fraction of sp³-hybridized carbons (Fsp3) is 0.211. The van der Waals surface area contributed by atoms with E-state index in [9.17, 15) is 8.42 Å². The van der Waals surface area contributed by atoms with Crippen molar-refractivity contribution in [2.75, 3.05) is 25.0 Å². The molecule has 0 aliphatic rings. The third kappa shape index (κ3) is 4.73. The van der Waals surface area contributed by atoms with E-state index in [1.165, 1.54) is 6.07 Å². The summed E-state index contributed by atoms with van der Waals surface area (Å²) in [4.78, 5) is 0.153. The molecule has 3 rings (SSSR count). The van der Waals surface area contributed by atoms with Gasteiger partial charge in [0, 0.05) is 13.3 Å². The zero-order valence-corrected chi connectivity index (χ0v) is 17.8. The van der Waals surface area contributed by atoms with Crippen molar-refractivity contribution in [2.24, 2.45) is 0 Å². The minimum Gasteiger partial charge on any atom is -0.491 e. The number of aryl methyl sites for hydroxylation is 1. The van der Waals surface area contributed by atoms with E-state index in [1.54, 1.807) is 61.4 Å². The van der Waals surface area contributed by atoms with Crippen molar-refractivity contribution in [1.82, 2.24) is 9.78 Å². The van der Waals surface area contributed by atoms with Gasteiger partial charge in [-0.15, -0.1) is 0 Å². The molecular formula is C19H20BrN3O4S. The Balaban J connectivity index is 1.86. The number of para-hydroxylation sites is 2. The lowest BCUT2D eigenvalue weighted by Crippen LogP contribution is -2.15. The molecule has 9 heteroatoms. The maximum absolute atomic E-state index is 12.9. The van der Waals surface area contributed by atoms with E-state index in [2.05, 4.69) is 25.8 Å². The largest absolute Gasteiger partial charge is 0.491 e. The number of sulfonamides is 1. The van der Waals surface area contributed by atoms with Crippen LogP contribution in [0.2, 0.25) is 0 Å². The second kappa shape index (κ2) is 8.76. The Kier molecular flexibility index (Phi) is 6.38. The van der Waals surface area contributed by atoms with Crippen molar-refractivity contribution >= 4 is 31.6 Å². The summed E-state index contributed by atoms with van der Waals surface area (Å²) in [6.45, 7) is 2.66. The van der Waals surface area contributed by atoms with Gasteiger partial charge < -0.3 is 9.47 Å². The summed E-state index contributed by atoms with van der Waals surface area (Å²) < 4.78 is 41.4. The number of anilines is 1. The second-order valence-corrected chi connectivity index (χ2v) is 8.59. The Morgan fingerprint density at radius 2 is 1.96 bits per heavy atom. The van der Waals surface area contributed by atoms with Crippen molar-refractivity contribution in [1.29, 1.82) is 0 Å². The summed E-state index contributed by atoms with van der Waals surface area (Å²) in [6, 6.07) is 11.8. The van der Waals surface area contributed by atoms with Gasteiger partial charge in [0.15, 0.2) is 0 Å². The third-order valence-corrected chi connectivity index (χ3v) is 5.72. The van der Waals surface area contributed by atoms with Crippen LogP contribution in [-0.2, 0) is 14.8 Å². The third-order valence-electron chi connectivity index (χ3n) is 3.95. The Morgan fingerprint density at radius 3 is 2.64 bits per heavy atom. The van der Waals surface area contributed by atoms with Gasteiger partial charge in [-0.2, -0.15) is 5.10 Å². The summed E-state index contributed by atoms with van der Waals surface area (Å²) in [6.07, 6.45) is 3.39. The van der Waals surface area contributed by atoms with Gasteiger partial charge in [0.05, 0.1) is 33.5 Å². The van der Waals surface area contributed by atoms with E-state index in [0.717, 1.165) is 10.0 Å². The molecule has 0 radical (unpaired) electrons. The Bertz CT molecular complexity index is 1070. The van der Waals surface area contributed by atoms with Gasteiger partial charge in [-0.3, -0.25) is 4.72 Å². The highest BCUT2D eigenvalue weighted by Gasteiger charge is 2.18. The smallest absolute Gasteiger partial charge is 0.261 e. The van der Waals surface area contributed by atoms with Crippen LogP contribution in [0, 0.1) is 6.92 Å². The van der Waals surface area contributed by atoms with Crippen molar-refractivity contribution in [3.05, 3.63) is 64.9 Å². The highest BCUT2D eigenvalue weighted by molar-refractivity contribution is 9.10. The number of nitrogens with one attached hydrogen (secondary N) is 1. The standard InChI is InChI=1S/C19H20BrN3O4S/c1-14-11-16(7-8-19(14)27-10-9-26-2)28(24,25)22-17-5-3-4-6-18(17)23-13-15(20)12-21-23/h3-8,11-13,22H,9-10H2,1-2H3. The maximum atomic E-state index is 12.9. The van der Waals surface area contributed by atoms with E-state index < -0.39 is 10.0 Å². The molecule has 0 amide bonds. The van der Waals surface area contributed by atoms with Crippen molar-refractivity contribution in [2.45, 2.75) is 11.8 Å². The highest BCUT2D eigenvalue weighted by Crippen LogP contribution is 2.26. The molecule has 0 unspecified atom stereocenters. The van der Waals surface area contributed by atoms with Crippen LogP contribution in [0.25, 0.3) is 5.69 Å². The van der Waals surface area contributed by atoms with Crippen molar-refractivity contribution in [3.63, 3.8) is 0 Å². The lowest BCUT2D eigenvalue weighted by Gasteiger charge is -2.14. The first-order chi connectivity index (χ1) is 13.4. The number of rotatable bonds is 8. The predicted molar refractivity (Wildman–Crippen MR) is 111 cm³/mol. The molecular weight excluding hydrogens is 446 g/mol. The van der Waals surface area contributed by atoms with Gasteiger partial charge in [0.1, 0.15) is 12.4 Å². The fourth-order valence-corrected chi connectivity index (χ4v) is 4.03. The minimum absolute atomic E-state index is 0.153. The SMILES string of the molecule is COCCOc1ccc(S(=O)(=O)Nc2ccccc2-n2cc(Br)cn2)cc1C. The normalized spacial score (nSPS) is 11.4. The number of ether oxygens (including phenoxy) is 2. The molecule has 0 fully saturated rings. The van der Waals surface area contributed by atoms with Crippen LogP contribution in [-0.4, -0.2) is 38.5 Å². The molecule has 0 bridgehead atoms. The maximum Gasteiger partial charge on any atom is 0.261 e. The molecule has 148 valence electrons. The number of aromatic nitrogens is 2. The number of hydrogen-bond donors (Lipinski definition) is 1. The van der Waals surface area contributed by atoms with Crippen LogP contribution in [0.5, 0.6) is 5.75 Å². The second-order valence-electron chi connectivity index (χ2n) is 5.99. The molecule has 28 heavy (non-hydrogen) atoms. The van der Waals surface area contributed by atoms with Gasteiger partial charge in [0.25, 0.3) is 10.0 Å². The van der Waals surface area contributed by atoms with Gasteiger partial charge in [-0.1, -0.05) is 12.1 Å². The molecule has 0 saturated heterocycles. The minimum atomic E-state index is -3.78. The van der Waals surface area contributed by atoms with Crippen LogP contribution in [0.3, 0.4) is 0 Å². The molecule has 0 aliphatic carbocycles. The molecule has 7 nitrogen and oxygen atoms in total. The number of benzene rings is 2. The first-order valence-corrected chi connectivity index (χ1v) is 10.7. The van der Waals surface area contributed by atoms with Gasteiger partial charge in [-0.25, -0.2) is 13.1 Å². The Morgan fingerprint density at radius 1 is 1.18 bits per heavy atom. The lowest BCUT2D eigenvalue weighted by molar-refractivity contribution is 0.146. The van der Waals surface area contributed by atoms with Gasteiger partial charge in [0.2, 0.25) is 0 Å². The Hall–Kier alpha value is -2.36. The average molecular weight is 466 g/mol. The number of hydrogen-bond acceptors (Lipinski definition) is 5. The van der Waals surface area contributed by atoms with Crippen LogP contribution in [0.4, 0.5) is 5.69 Å². The average Bonchev–Trinajstić information content (AvgIpc) is 3.09. The zero-order valence-electron chi connectivity index (χ0n) is 15.4. The summed E-state index contributed by atoms with van der Waals surface area (Å²) >= 11 is 3.35. The first kappa shape index (κ1) is 20.4. The van der Waals surface area contributed by atoms with Gasteiger partial charge in [-0.05, 0) is 58.7 Å². The van der Waals surface area contributed by atoms with Crippen LogP contribution >= 0.6 is 15.9 Å². The molecule has 2 aromatic carbocycles. The Labute approximate surface area is 172 Å². The number of nitrogens with zero attached hydrogens (tertiary/aromatic N) is 2. The van der Waals surface area contributed by atoms with E-state index in [0.29, 0.717) is 30.3 Å². The van der Waals surface area contributed by atoms with E-state index >= 15 is 0 Å². The summed E-state index contributed by atoms with van der Waals surface area (Å²) in [7, 11) is -2.19. The highest BCUT2D eigenvalue weighted by atomic mass is 79.9. The monoisotopic (exact) mass is 465 g/mol. The van der Waals surface area contributed by atoms with Crippen LogP contribution in [0.15, 0.2) is 64.2 Å². The molecule has 1 aromatic heterocycles. The zero-order chi connectivity index (χ0) is 20.1. The lowest BCUT2D eigenvalue weighted by atomic mass is 10.2. The van der Waals surface area contributed by atoms with Gasteiger partial charge >= 0.3 is 0 Å².